The molecule has 0 aliphatic carbocycles. The van der Waals surface area contributed by atoms with Crippen molar-refractivity contribution in [3.8, 4) is 5.75 Å². The number of ether oxygens (including phenoxy) is 1. The first-order valence-electron chi connectivity index (χ1n) is 6.49. The first-order valence-corrected chi connectivity index (χ1v) is 7.28. The molecule has 0 heterocycles. The molecule has 0 bridgehead atoms. The minimum Gasteiger partial charge on any atom is -0.500 e. The molecule has 20 heavy (non-hydrogen) atoms. The van der Waals surface area contributed by atoms with E-state index >= 15 is 0 Å². The molecule has 2 aromatic carbocycles. The summed E-state index contributed by atoms with van der Waals surface area (Å²) in [7, 11) is 0. The maximum atomic E-state index is 7.16. The second-order valence-corrected chi connectivity index (χ2v) is 5.82. The SMILES string of the molecule is [C-]#[N+]c1cc(Br)ccc1OCc1ccc(C(C)C)cc1. The molecule has 3 heteroatoms. The molecule has 2 aromatic rings. The summed E-state index contributed by atoms with van der Waals surface area (Å²) in [6, 6.07) is 13.9. The lowest BCUT2D eigenvalue weighted by Gasteiger charge is -2.10. The number of rotatable bonds is 4. The standard InChI is InChI=1S/C17H16BrNO/c1-12(2)14-6-4-13(5-7-14)11-20-17-9-8-15(18)10-16(17)19-3/h4-10,12H,11H2,1-2H3. The van der Waals surface area contributed by atoms with Gasteiger partial charge in [0, 0.05) is 4.47 Å². The fraction of sp³-hybridized carbons (Fsp3) is 0.235. The fourth-order valence-electron chi connectivity index (χ4n) is 1.86. The Hall–Kier alpha value is -1.79. The molecule has 0 fully saturated rings. The van der Waals surface area contributed by atoms with Gasteiger partial charge in [-0.3, -0.25) is 0 Å². The van der Waals surface area contributed by atoms with Crippen molar-refractivity contribution in [2.75, 3.05) is 0 Å². The van der Waals surface area contributed by atoms with E-state index in [1.165, 1.54) is 5.56 Å². The number of hydrogen-bond acceptors (Lipinski definition) is 1. The van der Waals surface area contributed by atoms with Gasteiger partial charge in [0.05, 0.1) is 6.57 Å². The van der Waals surface area contributed by atoms with Crippen LogP contribution in [0.15, 0.2) is 46.9 Å². The van der Waals surface area contributed by atoms with Gasteiger partial charge in [0.25, 0.3) is 0 Å². The van der Waals surface area contributed by atoms with Crippen molar-refractivity contribution in [1.29, 1.82) is 0 Å². The summed E-state index contributed by atoms with van der Waals surface area (Å²) in [4.78, 5) is 3.48. The highest BCUT2D eigenvalue weighted by Gasteiger charge is 2.05. The predicted molar refractivity (Wildman–Crippen MR) is 85.3 cm³/mol. The van der Waals surface area contributed by atoms with Crippen LogP contribution in [0.25, 0.3) is 4.85 Å². The van der Waals surface area contributed by atoms with Gasteiger partial charge in [-0.05, 0) is 35.2 Å². The van der Waals surface area contributed by atoms with Crippen LogP contribution in [-0.2, 0) is 6.61 Å². The average molecular weight is 330 g/mol. The van der Waals surface area contributed by atoms with Gasteiger partial charge in [-0.1, -0.05) is 54.0 Å². The lowest BCUT2D eigenvalue weighted by atomic mass is 10.0. The van der Waals surface area contributed by atoms with Crippen LogP contribution in [0.5, 0.6) is 5.75 Å². The third-order valence-electron chi connectivity index (χ3n) is 3.08. The maximum absolute atomic E-state index is 7.16. The van der Waals surface area contributed by atoms with E-state index in [4.69, 9.17) is 11.3 Å². The van der Waals surface area contributed by atoms with Gasteiger partial charge in [0.1, 0.15) is 12.4 Å². The topological polar surface area (TPSA) is 13.6 Å². The van der Waals surface area contributed by atoms with Gasteiger partial charge in [-0.25, -0.2) is 4.85 Å². The monoisotopic (exact) mass is 329 g/mol. The maximum Gasteiger partial charge on any atom is 0.229 e. The van der Waals surface area contributed by atoms with E-state index < -0.39 is 0 Å². The molecule has 0 amide bonds. The zero-order chi connectivity index (χ0) is 14.5. The summed E-state index contributed by atoms with van der Waals surface area (Å²) in [5.41, 5.74) is 2.95. The number of hydrogen-bond donors (Lipinski definition) is 0. The van der Waals surface area contributed by atoms with Gasteiger partial charge < -0.3 is 4.74 Å². The predicted octanol–water partition coefficient (Wildman–Crippen LogP) is 5.70. The van der Waals surface area contributed by atoms with E-state index in [0.717, 1.165) is 10.0 Å². The Kier molecular flexibility index (Phi) is 4.81. The normalized spacial score (nSPS) is 10.3. The molecule has 102 valence electrons. The summed E-state index contributed by atoms with van der Waals surface area (Å²) in [6.45, 7) is 12.0. The van der Waals surface area contributed by atoms with Crippen LogP contribution in [0, 0.1) is 6.57 Å². The third kappa shape index (κ3) is 3.61. The molecular weight excluding hydrogens is 314 g/mol. The second kappa shape index (κ2) is 6.58. The minimum atomic E-state index is 0.475. The molecule has 0 atom stereocenters. The van der Waals surface area contributed by atoms with E-state index in [-0.39, 0.29) is 0 Å². The molecule has 0 aromatic heterocycles. The quantitative estimate of drug-likeness (QED) is 0.655. The molecular formula is C17H16BrNO. The van der Waals surface area contributed by atoms with E-state index in [2.05, 4.69) is 58.9 Å². The van der Waals surface area contributed by atoms with E-state index in [0.29, 0.717) is 24.0 Å². The Morgan fingerprint density at radius 2 is 1.85 bits per heavy atom. The highest BCUT2D eigenvalue weighted by molar-refractivity contribution is 9.10. The molecule has 0 saturated carbocycles. The van der Waals surface area contributed by atoms with E-state index in [1.807, 2.05) is 12.1 Å². The zero-order valence-electron chi connectivity index (χ0n) is 11.6. The largest absolute Gasteiger partial charge is 0.500 e. The van der Waals surface area contributed by atoms with Gasteiger partial charge in [-0.2, -0.15) is 0 Å². The van der Waals surface area contributed by atoms with Crippen LogP contribution >= 0.6 is 15.9 Å². The molecule has 2 rings (SSSR count). The Bertz CT molecular complexity index is 626. The van der Waals surface area contributed by atoms with Crippen molar-refractivity contribution in [1.82, 2.24) is 0 Å². The van der Waals surface area contributed by atoms with Gasteiger partial charge in [-0.15, -0.1) is 0 Å². The first-order chi connectivity index (χ1) is 9.60. The van der Waals surface area contributed by atoms with Gasteiger partial charge in [0.15, 0.2) is 0 Å². The van der Waals surface area contributed by atoms with Crippen LogP contribution < -0.4 is 4.74 Å². The lowest BCUT2D eigenvalue weighted by molar-refractivity contribution is 0.308. The second-order valence-electron chi connectivity index (χ2n) is 4.91. The summed E-state index contributed by atoms with van der Waals surface area (Å²) in [6.07, 6.45) is 0. The third-order valence-corrected chi connectivity index (χ3v) is 3.58. The Morgan fingerprint density at radius 1 is 1.15 bits per heavy atom. The van der Waals surface area contributed by atoms with Crippen molar-refractivity contribution < 1.29 is 4.74 Å². The van der Waals surface area contributed by atoms with E-state index in [1.54, 1.807) is 6.07 Å². The molecule has 0 aliphatic rings. The van der Waals surface area contributed by atoms with Crippen LogP contribution in [0.2, 0.25) is 0 Å². The minimum absolute atomic E-state index is 0.475. The van der Waals surface area contributed by atoms with Crippen molar-refractivity contribution in [3.63, 3.8) is 0 Å². The molecule has 0 saturated heterocycles. The zero-order valence-corrected chi connectivity index (χ0v) is 13.1. The molecule has 0 aliphatic heterocycles. The molecule has 0 N–H and O–H groups in total. The van der Waals surface area contributed by atoms with E-state index in [9.17, 15) is 0 Å². The number of benzene rings is 2. The summed E-state index contributed by atoms with van der Waals surface area (Å²) in [5.74, 6) is 1.15. The van der Waals surface area contributed by atoms with Crippen LogP contribution in [0.1, 0.15) is 30.9 Å². The van der Waals surface area contributed by atoms with Crippen molar-refractivity contribution >= 4 is 21.6 Å². The average Bonchev–Trinajstić information content (AvgIpc) is 2.46. The molecule has 2 nitrogen and oxygen atoms in total. The summed E-state index contributed by atoms with van der Waals surface area (Å²) >= 11 is 3.36. The Labute approximate surface area is 128 Å². The fourth-order valence-corrected chi connectivity index (χ4v) is 2.21. The summed E-state index contributed by atoms with van der Waals surface area (Å²) < 4.78 is 6.62. The van der Waals surface area contributed by atoms with Gasteiger partial charge in [0.2, 0.25) is 5.69 Å². The summed E-state index contributed by atoms with van der Waals surface area (Å²) in [5, 5.41) is 0. The van der Waals surface area contributed by atoms with Crippen molar-refractivity contribution in [3.05, 3.63) is 69.5 Å². The first kappa shape index (κ1) is 14.6. The number of halogens is 1. The Morgan fingerprint density at radius 3 is 2.45 bits per heavy atom. The van der Waals surface area contributed by atoms with Crippen molar-refractivity contribution in [2.24, 2.45) is 0 Å². The van der Waals surface area contributed by atoms with Crippen molar-refractivity contribution in [2.45, 2.75) is 26.4 Å². The smallest absolute Gasteiger partial charge is 0.229 e. The van der Waals surface area contributed by atoms with Crippen LogP contribution in [0.4, 0.5) is 5.69 Å². The molecule has 0 unspecified atom stereocenters. The van der Waals surface area contributed by atoms with Crippen LogP contribution in [-0.4, -0.2) is 0 Å². The Balaban J connectivity index is 2.07. The molecule has 0 spiro atoms. The number of nitrogens with zero attached hydrogens (tertiary/aromatic N) is 1. The molecule has 0 radical (unpaired) electrons. The van der Waals surface area contributed by atoms with Gasteiger partial charge >= 0.3 is 0 Å². The van der Waals surface area contributed by atoms with Crippen LogP contribution in [0.3, 0.4) is 0 Å². The lowest BCUT2D eigenvalue weighted by Crippen LogP contribution is -1.96. The highest BCUT2D eigenvalue weighted by atomic mass is 79.9. The highest BCUT2D eigenvalue weighted by Crippen LogP contribution is 2.31.